The van der Waals surface area contributed by atoms with Gasteiger partial charge in [0.25, 0.3) is 0 Å². The summed E-state index contributed by atoms with van der Waals surface area (Å²) in [6.45, 7) is 2.17. The van der Waals surface area contributed by atoms with Gasteiger partial charge in [0.05, 0.1) is 12.5 Å². The summed E-state index contributed by atoms with van der Waals surface area (Å²) in [7, 11) is -0.806. The highest BCUT2D eigenvalue weighted by Gasteiger charge is 2.10. The van der Waals surface area contributed by atoms with Gasteiger partial charge in [-0.05, 0) is 13.3 Å². The summed E-state index contributed by atoms with van der Waals surface area (Å²) in [4.78, 5) is 10.2. The molecule has 3 N–H and O–H groups in total. The highest BCUT2D eigenvalue weighted by molar-refractivity contribution is 7.84. The van der Waals surface area contributed by atoms with E-state index in [1.54, 1.807) is 6.26 Å². The Kier molecular flexibility index (Phi) is 7.54. The fraction of sp³-hybridized carbons (Fsp3) is 0.889. The summed E-state index contributed by atoms with van der Waals surface area (Å²) in [5.41, 5.74) is 0. The van der Waals surface area contributed by atoms with Gasteiger partial charge in [0.2, 0.25) is 0 Å². The van der Waals surface area contributed by atoms with E-state index in [-0.39, 0.29) is 19.0 Å². The number of carboxylic acid groups (broad SMARTS) is 1. The van der Waals surface area contributed by atoms with Crippen LogP contribution in [0.3, 0.4) is 0 Å². The van der Waals surface area contributed by atoms with Crippen LogP contribution >= 0.6 is 0 Å². The molecule has 0 fully saturated rings. The molecule has 0 bridgehead atoms. The van der Waals surface area contributed by atoms with Gasteiger partial charge in [0.1, 0.15) is 0 Å². The average Bonchev–Trinajstić information content (AvgIpc) is 2.10. The summed E-state index contributed by atoms with van der Waals surface area (Å²) in [6.07, 6.45) is 1.28. The van der Waals surface area contributed by atoms with Crippen molar-refractivity contribution in [3.8, 4) is 0 Å². The monoisotopic (exact) mass is 237 g/mol. The van der Waals surface area contributed by atoms with Gasteiger partial charge in [-0.2, -0.15) is 0 Å². The zero-order chi connectivity index (χ0) is 11.8. The van der Waals surface area contributed by atoms with E-state index in [9.17, 15) is 14.1 Å². The largest absolute Gasteiger partial charge is 0.481 e. The predicted molar refractivity (Wildman–Crippen MR) is 59.3 cm³/mol. The molecule has 0 aromatic heterocycles. The molecule has 0 aliphatic carbocycles. The topological polar surface area (TPSA) is 86.6 Å². The van der Waals surface area contributed by atoms with Crippen LogP contribution in [-0.4, -0.2) is 51.1 Å². The zero-order valence-corrected chi connectivity index (χ0v) is 9.92. The molecule has 3 unspecified atom stereocenters. The number of aliphatic carboxylic acids is 1. The minimum Gasteiger partial charge on any atom is -0.481 e. The van der Waals surface area contributed by atoms with Crippen LogP contribution < -0.4 is 5.32 Å². The average molecular weight is 237 g/mol. The second-order valence-electron chi connectivity index (χ2n) is 3.63. The number of aliphatic hydroxyl groups excluding tert-OH is 1. The second-order valence-corrected chi connectivity index (χ2v) is 5.18. The molecule has 0 aromatic carbocycles. The SMILES string of the molecule is CC(CCS(C)=O)NCC(O)CC(=O)O. The van der Waals surface area contributed by atoms with Crippen LogP contribution in [0.5, 0.6) is 0 Å². The van der Waals surface area contributed by atoms with Gasteiger partial charge < -0.3 is 15.5 Å². The molecular formula is C9H19NO4S. The van der Waals surface area contributed by atoms with Crippen molar-refractivity contribution in [3.63, 3.8) is 0 Å². The van der Waals surface area contributed by atoms with E-state index in [0.717, 1.165) is 6.42 Å². The standard InChI is InChI=1S/C9H19NO4S/c1-7(3-4-15(2)14)10-6-8(11)5-9(12)13/h7-8,10-11H,3-6H2,1-2H3,(H,12,13). The Balaban J connectivity index is 3.56. The number of hydrogen-bond acceptors (Lipinski definition) is 4. The fourth-order valence-corrected chi connectivity index (χ4v) is 1.74. The van der Waals surface area contributed by atoms with E-state index in [4.69, 9.17) is 5.11 Å². The first kappa shape index (κ1) is 14.5. The molecule has 0 saturated heterocycles. The number of carboxylic acids is 1. The van der Waals surface area contributed by atoms with Gasteiger partial charge in [-0.1, -0.05) is 0 Å². The molecule has 0 amide bonds. The Morgan fingerprint density at radius 2 is 2.13 bits per heavy atom. The molecule has 3 atom stereocenters. The van der Waals surface area contributed by atoms with Gasteiger partial charge in [-0.3, -0.25) is 9.00 Å². The normalized spacial score (nSPS) is 17.0. The zero-order valence-electron chi connectivity index (χ0n) is 9.10. The van der Waals surface area contributed by atoms with Crippen molar-refractivity contribution < 1.29 is 19.2 Å². The van der Waals surface area contributed by atoms with Crippen molar-refractivity contribution in [1.82, 2.24) is 5.32 Å². The van der Waals surface area contributed by atoms with E-state index < -0.39 is 22.9 Å². The molecule has 0 spiro atoms. The maximum Gasteiger partial charge on any atom is 0.306 e. The van der Waals surface area contributed by atoms with Crippen LogP contribution in [0.15, 0.2) is 0 Å². The van der Waals surface area contributed by atoms with Crippen LogP contribution in [0.2, 0.25) is 0 Å². The quantitative estimate of drug-likeness (QED) is 0.533. The van der Waals surface area contributed by atoms with Crippen LogP contribution in [0.1, 0.15) is 19.8 Å². The molecule has 0 radical (unpaired) electrons. The van der Waals surface area contributed by atoms with Gasteiger partial charge in [-0.15, -0.1) is 0 Å². The Hall–Kier alpha value is -0.460. The summed E-state index contributed by atoms with van der Waals surface area (Å²) in [5.74, 6) is -0.393. The van der Waals surface area contributed by atoms with Crippen molar-refractivity contribution in [3.05, 3.63) is 0 Å². The molecule has 0 aliphatic rings. The number of carbonyl (C=O) groups is 1. The Morgan fingerprint density at radius 3 is 2.60 bits per heavy atom. The van der Waals surface area contributed by atoms with Crippen LogP contribution in [0.25, 0.3) is 0 Å². The minimum absolute atomic E-state index is 0.136. The van der Waals surface area contributed by atoms with E-state index in [0.29, 0.717) is 5.75 Å². The van der Waals surface area contributed by atoms with Gasteiger partial charge >= 0.3 is 5.97 Å². The van der Waals surface area contributed by atoms with Crippen molar-refractivity contribution >= 4 is 16.8 Å². The molecule has 15 heavy (non-hydrogen) atoms. The van der Waals surface area contributed by atoms with Gasteiger partial charge in [0, 0.05) is 35.4 Å². The molecule has 0 saturated carbocycles. The van der Waals surface area contributed by atoms with Crippen LogP contribution in [0.4, 0.5) is 0 Å². The van der Waals surface area contributed by atoms with E-state index in [1.807, 2.05) is 6.92 Å². The third-order valence-electron chi connectivity index (χ3n) is 1.95. The first-order valence-corrected chi connectivity index (χ1v) is 6.57. The molecule has 0 heterocycles. The highest BCUT2D eigenvalue weighted by Crippen LogP contribution is 1.95. The van der Waals surface area contributed by atoms with E-state index in [2.05, 4.69) is 5.32 Å². The predicted octanol–water partition coefficient (Wildman–Crippen LogP) is -0.431. The molecule has 6 heteroatoms. The second kappa shape index (κ2) is 7.78. The van der Waals surface area contributed by atoms with Crippen molar-refractivity contribution in [2.75, 3.05) is 18.6 Å². The Morgan fingerprint density at radius 1 is 1.53 bits per heavy atom. The summed E-state index contributed by atoms with van der Waals surface area (Å²) in [6, 6.07) is 0.136. The highest BCUT2D eigenvalue weighted by atomic mass is 32.2. The third-order valence-corrected chi connectivity index (χ3v) is 2.76. The smallest absolute Gasteiger partial charge is 0.306 e. The molecule has 5 nitrogen and oxygen atoms in total. The van der Waals surface area contributed by atoms with Crippen molar-refractivity contribution in [2.45, 2.75) is 31.9 Å². The molecule has 0 aliphatic heterocycles. The number of aliphatic hydroxyl groups is 1. The number of rotatable bonds is 8. The minimum atomic E-state index is -1.01. The van der Waals surface area contributed by atoms with Crippen molar-refractivity contribution in [2.24, 2.45) is 0 Å². The third kappa shape index (κ3) is 9.84. The molecule has 0 rings (SSSR count). The lowest BCUT2D eigenvalue weighted by Gasteiger charge is -2.15. The van der Waals surface area contributed by atoms with Gasteiger partial charge in [-0.25, -0.2) is 0 Å². The summed E-state index contributed by atoms with van der Waals surface area (Å²) >= 11 is 0. The fourth-order valence-electron chi connectivity index (χ4n) is 1.06. The maximum atomic E-state index is 10.8. The molecule has 90 valence electrons. The number of nitrogens with one attached hydrogen (secondary N) is 1. The van der Waals surface area contributed by atoms with E-state index >= 15 is 0 Å². The van der Waals surface area contributed by atoms with Gasteiger partial charge in [0.15, 0.2) is 0 Å². The summed E-state index contributed by atoms with van der Waals surface area (Å²) in [5, 5.41) is 20.6. The maximum absolute atomic E-state index is 10.8. The lowest BCUT2D eigenvalue weighted by atomic mass is 10.2. The lowest BCUT2D eigenvalue weighted by molar-refractivity contribution is -0.139. The Labute approximate surface area is 92.3 Å². The Bertz CT molecular complexity index is 222. The first-order chi connectivity index (χ1) is 6.91. The molecular weight excluding hydrogens is 218 g/mol. The van der Waals surface area contributed by atoms with E-state index in [1.165, 1.54) is 0 Å². The molecule has 0 aromatic rings. The van der Waals surface area contributed by atoms with Crippen LogP contribution in [0, 0.1) is 0 Å². The first-order valence-electron chi connectivity index (χ1n) is 4.85. The number of hydrogen-bond donors (Lipinski definition) is 3. The lowest BCUT2D eigenvalue weighted by Crippen LogP contribution is -2.35. The van der Waals surface area contributed by atoms with Crippen molar-refractivity contribution in [1.29, 1.82) is 0 Å². The summed E-state index contributed by atoms with van der Waals surface area (Å²) < 4.78 is 10.8. The van der Waals surface area contributed by atoms with Crippen LogP contribution in [-0.2, 0) is 15.6 Å².